The summed E-state index contributed by atoms with van der Waals surface area (Å²) in [6.07, 6.45) is 0. The molecule has 0 aromatic heterocycles. The van der Waals surface area contributed by atoms with Gasteiger partial charge in [-0.15, -0.1) is 0 Å². The fraction of sp³-hybridized carbons (Fsp3) is 0.120. The van der Waals surface area contributed by atoms with E-state index in [1.165, 1.54) is 4.90 Å². The molecule has 0 unspecified atom stereocenters. The normalized spacial score (nSPS) is 13.7. The number of nitrogens with zero attached hydrogens (tertiary/aromatic N) is 1. The van der Waals surface area contributed by atoms with Gasteiger partial charge in [-0.2, -0.15) is 0 Å². The molecule has 5 heteroatoms. The van der Waals surface area contributed by atoms with Crippen molar-refractivity contribution in [2.45, 2.75) is 13.5 Å². The number of anilines is 1. The van der Waals surface area contributed by atoms with Crippen LogP contribution in [0.1, 0.15) is 16.7 Å². The number of carbonyl (C=O) groups is 2. The standard InChI is InChI=1S/C25H22N2O3/c1-17-12-14-18(15-13-17)22-23(26-20-9-4-3-5-10-20)25(29)27(24(22)28)16-19-8-6-7-11-21(19)30-2/h3-15,26H,16H2,1-2H3. The van der Waals surface area contributed by atoms with Crippen molar-refractivity contribution >= 4 is 23.1 Å². The number of nitrogens with one attached hydrogen (secondary N) is 1. The van der Waals surface area contributed by atoms with Crippen LogP contribution in [-0.4, -0.2) is 23.8 Å². The van der Waals surface area contributed by atoms with Gasteiger partial charge in [-0.25, -0.2) is 0 Å². The van der Waals surface area contributed by atoms with E-state index in [4.69, 9.17) is 4.74 Å². The van der Waals surface area contributed by atoms with Crippen LogP contribution in [0.3, 0.4) is 0 Å². The molecule has 5 nitrogen and oxygen atoms in total. The Morgan fingerprint density at radius 2 is 1.50 bits per heavy atom. The molecule has 2 amide bonds. The summed E-state index contributed by atoms with van der Waals surface area (Å²) in [5, 5.41) is 3.16. The SMILES string of the molecule is COc1ccccc1CN1C(=O)C(Nc2ccccc2)=C(c2ccc(C)cc2)C1=O. The van der Waals surface area contributed by atoms with Crippen LogP contribution in [0, 0.1) is 6.92 Å². The largest absolute Gasteiger partial charge is 0.496 e. The Morgan fingerprint density at radius 3 is 2.20 bits per heavy atom. The topological polar surface area (TPSA) is 58.6 Å². The van der Waals surface area contributed by atoms with Gasteiger partial charge in [0.05, 0.1) is 19.2 Å². The van der Waals surface area contributed by atoms with Gasteiger partial charge in [-0.3, -0.25) is 14.5 Å². The van der Waals surface area contributed by atoms with Gasteiger partial charge in [0.2, 0.25) is 0 Å². The molecule has 3 aromatic carbocycles. The van der Waals surface area contributed by atoms with E-state index < -0.39 is 0 Å². The lowest BCUT2D eigenvalue weighted by molar-refractivity contribution is -0.137. The summed E-state index contributed by atoms with van der Waals surface area (Å²) in [5.41, 5.74) is 3.96. The van der Waals surface area contributed by atoms with Crippen LogP contribution in [0.5, 0.6) is 5.75 Å². The highest BCUT2D eigenvalue weighted by atomic mass is 16.5. The van der Waals surface area contributed by atoms with Crippen molar-refractivity contribution in [2.24, 2.45) is 0 Å². The maximum absolute atomic E-state index is 13.4. The molecule has 0 atom stereocenters. The van der Waals surface area contributed by atoms with Crippen LogP contribution >= 0.6 is 0 Å². The first-order valence-electron chi connectivity index (χ1n) is 9.70. The molecule has 30 heavy (non-hydrogen) atoms. The minimum Gasteiger partial charge on any atom is -0.496 e. The molecule has 4 rings (SSSR count). The summed E-state index contributed by atoms with van der Waals surface area (Å²) in [4.78, 5) is 28.0. The van der Waals surface area contributed by atoms with E-state index in [0.29, 0.717) is 16.9 Å². The summed E-state index contributed by atoms with van der Waals surface area (Å²) < 4.78 is 5.39. The average Bonchev–Trinajstić information content (AvgIpc) is 3.00. The van der Waals surface area contributed by atoms with E-state index in [-0.39, 0.29) is 24.1 Å². The second kappa shape index (κ2) is 8.25. The smallest absolute Gasteiger partial charge is 0.278 e. The van der Waals surface area contributed by atoms with E-state index in [2.05, 4.69) is 5.32 Å². The number of rotatable bonds is 6. The summed E-state index contributed by atoms with van der Waals surface area (Å²) in [7, 11) is 1.57. The fourth-order valence-electron chi connectivity index (χ4n) is 3.49. The first kappa shape index (κ1) is 19.5. The summed E-state index contributed by atoms with van der Waals surface area (Å²) in [6.45, 7) is 2.12. The van der Waals surface area contributed by atoms with Crippen LogP contribution in [0.25, 0.3) is 5.57 Å². The Balaban J connectivity index is 1.74. The lowest BCUT2D eigenvalue weighted by Crippen LogP contribution is -2.32. The molecule has 1 heterocycles. The summed E-state index contributed by atoms with van der Waals surface area (Å²) >= 11 is 0. The third-order valence-electron chi connectivity index (χ3n) is 5.07. The van der Waals surface area contributed by atoms with Crippen LogP contribution in [0.15, 0.2) is 84.6 Å². The maximum atomic E-state index is 13.4. The van der Waals surface area contributed by atoms with E-state index in [1.807, 2.05) is 85.8 Å². The number of hydrogen-bond acceptors (Lipinski definition) is 4. The van der Waals surface area contributed by atoms with Crippen LogP contribution in [0.2, 0.25) is 0 Å². The van der Waals surface area contributed by atoms with E-state index >= 15 is 0 Å². The third-order valence-corrected chi connectivity index (χ3v) is 5.07. The number of methoxy groups -OCH3 is 1. The van der Waals surface area contributed by atoms with Crippen LogP contribution in [-0.2, 0) is 16.1 Å². The van der Waals surface area contributed by atoms with E-state index in [1.54, 1.807) is 7.11 Å². The number of imide groups is 1. The highest BCUT2D eigenvalue weighted by Crippen LogP contribution is 2.32. The Kier molecular flexibility index (Phi) is 5.35. The minimum absolute atomic E-state index is 0.136. The van der Waals surface area contributed by atoms with E-state index in [9.17, 15) is 9.59 Å². The second-order valence-corrected chi connectivity index (χ2v) is 7.12. The monoisotopic (exact) mass is 398 g/mol. The Morgan fingerprint density at radius 1 is 0.833 bits per heavy atom. The van der Waals surface area contributed by atoms with Gasteiger partial charge in [0, 0.05) is 11.3 Å². The van der Waals surface area contributed by atoms with Gasteiger partial charge in [-0.1, -0.05) is 66.2 Å². The lowest BCUT2D eigenvalue weighted by atomic mass is 10.0. The highest BCUT2D eigenvalue weighted by Gasteiger charge is 2.39. The van der Waals surface area contributed by atoms with Gasteiger partial charge in [0.25, 0.3) is 11.8 Å². The number of amides is 2. The number of aryl methyl sites for hydroxylation is 1. The lowest BCUT2D eigenvalue weighted by Gasteiger charge is -2.17. The fourth-order valence-corrected chi connectivity index (χ4v) is 3.49. The Labute approximate surface area is 175 Å². The first-order valence-corrected chi connectivity index (χ1v) is 9.70. The molecular formula is C25H22N2O3. The summed E-state index contributed by atoms with van der Waals surface area (Å²) in [5.74, 6) is -0.0435. The quantitative estimate of drug-likeness (QED) is 0.626. The van der Waals surface area contributed by atoms with Crippen molar-refractivity contribution in [2.75, 3.05) is 12.4 Å². The third kappa shape index (κ3) is 3.70. The molecule has 150 valence electrons. The average molecular weight is 398 g/mol. The number of carbonyl (C=O) groups excluding carboxylic acids is 2. The van der Waals surface area contributed by atoms with Crippen LogP contribution < -0.4 is 10.1 Å². The predicted molar refractivity (Wildman–Crippen MR) is 117 cm³/mol. The van der Waals surface area contributed by atoms with Crippen LogP contribution in [0.4, 0.5) is 5.69 Å². The minimum atomic E-state index is -0.356. The van der Waals surface area contributed by atoms with Gasteiger partial charge in [0.1, 0.15) is 11.4 Å². The van der Waals surface area contributed by atoms with Crippen molar-refractivity contribution in [3.8, 4) is 5.75 Å². The Bertz CT molecular complexity index is 1120. The number of benzene rings is 3. The zero-order chi connectivity index (χ0) is 21.1. The Hall–Kier alpha value is -3.86. The molecule has 0 radical (unpaired) electrons. The van der Waals surface area contributed by atoms with Gasteiger partial charge >= 0.3 is 0 Å². The molecule has 0 bridgehead atoms. The van der Waals surface area contributed by atoms with Crippen molar-refractivity contribution in [3.63, 3.8) is 0 Å². The zero-order valence-corrected chi connectivity index (χ0v) is 16.9. The van der Waals surface area contributed by atoms with Gasteiger partial charge < -0.3 is 10.1 Å². The molecule has 0 spiro atoms. The number of ether oxygens (including phenoxy) is 1. The molecule has 1 N–H and O–H groups in total. The van der Waals surface area contributed by atoms with Crippen molar-refractivity contribution in [1.29, 1.82) is 0 Å². The highest BCUT2D eigenvalue weighted by molar-refractivity contribution is 6.36. The molecule has 3 aromatic rings. The predicted octanol–water partition coefficient (Wildman–Crippen LogP) is 4.40. The van der Waals surface area contributed by atoms with E-state index in [0.717, 1.165) is 16.8 Å². The molecule has 1 aliphatic rings. The second-order valence-electron chi connectivity index (χ2n) is 7.12. The number of hydrogen-bond donors (Lipinski definition) is 1. The van der Waals surface area contributed by atoms with Gasteiger partial charge in [0.15, 0.2) is 0 Å². The maximum Gasteiger partial charge on any atom is 0.278 e. The molecule has 0 saturated carbocycles. The number of para-hydroxylation sites is 2. The zero-order valence-electron chi connectivity index (χ0n) is 16.9. The summed E-state index contributed by atoms with van der Waals surface area (Å²) in [6, 6.07) is 24.4. The molecule has 1 aliphatic heterocycles. The molecular weight excluding hydrogens is 376 g/mol. The first-order chi connectivity index (χ1) is 14.6. The molecule has 0 saturated heterocycles. The molecule has 0 fully saturated rings. The van der Waals surface area contributed by atoms with Crippen molar-refractivity contribution in [3.05, 3.63) is 101 Å². The van der Waals surface area contributed by atoms with Crippen molar-refractivity contribution in [1.82, 2.24) is 4.90 Å². The molecule has 0 aliphatic carbocycles. The van der Waals surface area contributed by atoms with Crippen molar-refractivity contribution < 1.29 is 14.3 Å². The van der Waals surface area contributed by atoms with Gasteiger partial charge in [-0.05, 0) is 30.7 Å².